The highest BCUT2D eigenvalue weighted by Crippen LogP contribution is 2.20. The van der Waals surface area contributed by atoms with Crippen LogP contribution in [0.25, 0.3) is 11.1 Å². The van der Waals surface area contributed by atoms with Gasteiger partial charge in [-0.15, -0.1) is 12.4 Å². The summed E-state index contributed by atoms with van der Waals surface area (Å²) in [5, 5.41) is 14.0. The van der Waals surface area contributed by atoms with Crippen LogP contribution in [0.3, 0.4) is 0 Å². The standard InChI is InChI=1S/C16H20N4O5.ClH/c1-18(12-6-7-17-10-12)15(21)3-2-8-19-13-5-4-11(20(23)24)9-14(13)25-16(19)22;/h4-5,9,12,17H,2-3,6-8,10H2,1H3;1H. The molecule has 1 unspecified atom stereocenters. The molecule has 1 aliphatic rings. The number of carbonyl (C=O) groups excluding carboxylic acids is 1. The van der Waals surface area contributed by atoms with Crippen molar-refractivity contribution >= 4 is 35.1 Å². The van der Waals surface area contributed by atoms with Crippen molar-refractivity contribution in [2.75, 3.05) is 20.1 Å². The highest BCUT2D eigenvalue weighted by atomic mass is 35.5. The van der Waals surface area contributed by atoms with E-state index in [4.69, 9.17) is 4.42 Å². The Bertz CT molecular complexity index is 856. The molecule has 1 amide bonds. The van der Waals surface area contributed by atoms with Gasteiger partial charge in [0.2, 0.25) is 5.91 Å². The number of nitro groups is 1. The van der Waals surface area contributed by atoms with E-state index in [1.54, 1.807) is 11.9 Å². The van der Waals surface area contributed by atoms with Gasteiger partial charge in [0.05, 0.1) is 16.5 Å². The van der Waals surface area contributed by atoms with Crippen molar-refractivity contribution in [1.29, 1.82) is 0 Å². The Balaban J connectivity index is 0.00000243. The molecule has 10 heteroatoms. The Morgan fingerprint density at radius 3 is 2.92 bits per heavy atom. The van der Waals surface area contributed by atoms with Gasteiger partial charge in [-0.25, -0.2) is 4.79 Å². The third kappa shape index (κ3) is 4.05. The Kier molecular flexibility index (Phi) is 6.38. The number of nitrogens with one attached hydrogen (secondary N) is 1. The molecule has 1 aromatic heterocycles. The van der Waals surface area contributed by atoms with Gasteiger partial charge in [-0.3, -0.25) is 19.5 Å². The topological polar surface area (TPSA) is 111 Å². The fraction of sp³-hybridized carbons (Fsp3) is 0.500. The third-order valence-electron chi connectivity index (χ3n) is 4.61. The van der Waals surface area contributed by atoms with Crippen molar-refractivity contribution < 1.29 is 14.1 Å². The highest BCUT2D eigenvalue weighted by molar-refractivity contribution is 5.85. The van der Waals surface area contributed by atoms with Crippen LogP contribution in [0, 0.1) is 10.1 Å². The molecule has 3 rings (SSSR count). The average molecular weight is 385 g/mol. The van der Waals surface area contributed by atoms with Crippen molar-refractivity contribution in [3.8, 4) is 0 Å². The number of halogens is 1. The van der Waals surface area contributed by atoms with Crippen LogP contribution in [0.15, 0.2) is 27.4 Å². The van der Waals surface area contributed by atoms with Crippen molar-refractivity contribution in [3.63, 3.8) is 0 Å². The van der Waals surface area contributed by atoms with Crippen molar-refractivity contribution in [2.45, 2.75) is 31.8 Å². The number of benzene rings is 1. The summed E-state index contributed by atoms with van der Waals surface area (Å²) in [6, 6.07) is 4.29. The molecule has 1 saturated heterocycles. The monoisotopic (exact) mass is 384 g/mol. The lowest BCUT2D eigenvalue weighted by Gasteiger charge is -2.23. The first-order valence-corrected chi connectivity index (χ1v) is 8.21. The number of aryl methyl sites for hydroxylation is 1. The fourth-order valence-electron chi connectivity index (χ4n) is 3.12. The molecule has 0 radical (unpaired) electrons. The summed E-state index contributed by atoms with van der Waals surface area (Å²) in [6.45, 7) is 2.06. The second kappa shape index (κ2) is 8.33. The molecule has 9 nitrogen and oxygen atoms in total. The van der Waals surface area contributed by atoms with Gasteiger partial charge in [-0.1, -0.05) is 0 Å². The molecule has 0 bridgehead atoms. The van der Waals surface area contributed by atoms with E-state index in [1.165, 1.54) is 22.8 Å². The third-order valence-corrected chi connectivity index (χ3v) is 4.61. The number of nitrogens with zero attached hydrogens (tertiary/aromatic N) is 3. The van der Waals surface area contributed by atoms with Gasteiger partial charge in [0.1, 0.15) is 0 Å². The number of hydrogen-bond donors (Lipinski definition) is 1. The molecule has 1 aromatic carbocycles. The van der Waals surface area contributed by atoms with Crippen LogP contribution in [0.4, 0.5) is 5.69 Å². The van der Waals surface area contributed by atoms with E-state index < -0.39 is 10.7 Å². The molecule has 2 heterocycles. The normalized spacial score (nSPS) is 16.4. The Labute approximate surface area is 155 Å². The number of amides is 1. The maximum atomic E-state index is 12.2. The van der Waals surface area contributed by atoms with Gasteiger partial charge in [0.25, 0.3) is 5.69 Å². The second-order valence-electron chi connectivity index (χ2n) is 6.18. The van der Waals surface area contributed by atoms with Crippen LogP contribution in [0.1, 0.15) is 19.3 Å². The van der Waals surface area contributed by atoms with E-state index in [2.05, 4.69) is 5.32 Å². The minimum Gasteiger partial charge on any atom is -0.407 e. The van der Waals surface area contributed by atoms with Crippen molar-refractivity contribution in [2.24, 2.45) is 0 Å². The predicted molar refractivity (Wildman–Crippen MR) is 97.7 cm³/mol. The fourth-order valence-corrected chi connectivity index (χ4v) is 3.12. The van der Waals surface area contributed by atoms with E-state index in [-0.39, 0.29) is 35.6 Å². The first kappa shape index (κ1) is 19.9. The van der Waals surface area contributed by atoms with E-state index in [9.17, 15) is 19.7 Å². The van der Waals surface area contributed by atoms with Crippen LogP contribution in [0.5, 0.6) is 0 Å². The number of hydrogen-bond acceptors (Lipinski definition) is 6. The quantitative estimate of drug-likeness (QED) is 0.597. The van der Waals surface area contributed by atoms with Crippen molar-refractivity contribution in [1.82, 2.24) is 14.8 Å². The van der Waals surface area contributed by atoms with E-state index in [0.29, 0.717) is 24.9 Å². The lowest BCUT2D eigenvalue weighted by Crippen LogP contribution is -2.38. The van der Waals surface area contributed by atoms with Crippen LogP contribution in [0.2, 0.25) is 0 Å². The number of likely N-dealkylation sites (N-methyl/N-ethyl adjacent to an activating group) is 1. The van der Waals surface area contributed by atoms with Gasteiger partial charge >= 0.3 is 5.76 Å². The zero-order valence-electron chi connectivity index (χ0n) is 14.3. The Morgan fingerprint density at radius 2 is 2.27 bits per heavy atom. The molecule has 142 valence electrons. The number of aromatic nitrogens is 1. The van der Waals surface area contributed by atoms with Crippen LogP contribution < -0.4 is 11.1 Å². The molecule has 1 atom stereocenters. The first-order chi connectivity index (χ1) is 12.0. The lowest BCUT2D eigenvalue weighted by molar-refractivity contribution is -0.384. The van der Waals surface area contributed by atoms with Gasteiger partial charge in [-0.2, -0.15) is 0 Å². The minimum absolute atomic E-state index is 0. The van der Waals surface area contributed by atoms with E-state index >= 15 is 0 Å². The Hall–Kier alpha value is -2.39. The maximum absolute atomic E-state index is 12.2. The average Bonchev–Trinajstić information content (AvgIpc) is 3.21. The smallest absolute Gasteiger partial charge is 0.407 e. The van der Waals surface area contributed by atoms with Gasteiger partial charge in [-0.05, 0) is 25.5 Å². The number of non-ortho nitro benzene ring substituents is 1. The number of nitro benzene ring substituents is 1. The molecule has 0 spiro atoms. The predicted octanol–water partition coefficient (Wildman–Crippen LogP) is 1.52. The molecule has 26 heavy (non-hydrogen) atoms. The molecular formula is C16H21ClN4O5. The van der Waals surface area contributed by atoms with E-state index in [1.807, 2.05) is 0 Å². The van der Waals surface area contributed by atoms with Crippen LogP contribution >= 0.6 is 12.4 Å². The second-order valence-corrected chi connectivity index (χ2v) is 6.18. The largest absolute Gasteiger partial charge is 0.419 e. The number of carbonyl (C=O) groups is 1. The zero-order chi connectivity index (χ0) is 18.0. The SMILES string of the molecule is CN(C(=O)CCCn1c(=O)oc2cc([N+](=O)[O-])ccc21)C1CCNC1.Cl. The minimum atomic E-state index is -0.573. The van der Waals surface area contributed by atoms with Crippen LogP contribution in [-0.4, -0.2) is 46.5 Å². The summed E-state index contributed by atoms with van der Waals surface area (Å²) in [6.07, 6.45) is 1.78. The molecule has 2 aromatic rings. The summed E-state index contributed by atoms with van der Waals surface area (Å²) in [5.41, 5.74) is 0.548. The maximum Gasteiger partial charge on any atom is 0.419 e. The molecule has 0 saturated carbocycles. The summed E-state index contributed by atoms with van der Waals surface area (Å²) in [4.78, 5) is 36.2. The summed E-state index contributed by atoms with van der Waals surface area (Å²) >= 11 is 0. The molecule has 1 fully saturated rings. The zero-order valence-corrected chi connectivity index (χ0v) is 15.2. The number of oxazole rings is 1. The molecule has 1 aliphatic heterocycles. The summed E-state index contributed by atoms with van der Waals surface area (Å²) in [5.74, 6) is -0.526. The molecular weight excluding hydrogens is 364 g/mol. The van der Waals surface area contributed by atoms with Gasteiger partial charge in [0.15, 0.2) is 5.58 Å². The van der Waals surface area contributed by atoms with Gasteiger partial charge in [0, 0.05) is 38.7 Å². The molecule has 0 aliphatic carbocycles. The highest BCUT2D eigenvalue weighted by Gasteiger charge is 2.23. The van der Waals surface area contributed by atoms with E-state index in [0.717, 1.165) is 19.5 Å². The number of rotatable bonds is 6. The van der Waals surface area contributed by atoms with Crippen LogP contribution in [-0.2, 0) is 11.3 Å². The summed E-state index contributed by atoms with van der Waals surface area (Å²) < 4.78 is 6.48. The van der Waals surface area contributed by atoms with Crippen molar-refractivity contribution in [3.05, 3.63) is 38.9 Å². The molecule has 1 N–H and O–H groups in total. The Morgan fingerprint density at radius 1 is 1.50 bits per heavy atom. The number of fused-ring (bicyclic) bond motifs is 1. The summed E-state index contributed by atoms with van der Waals surface area (Å²) in [7, 11) is 1.80. The lowest BCUT2D eigenvalue weighted by atomic mass is 10.2. The van der Waals surface area contributed by atoms with Gasteiger partial charge < -0.3 is 14.6 Å². The first-order valence-electron chi connectivity index (χ1n) is 8.21.